The van der Waals surface area contributed by atoms with Crippen molar-refractivity contribution < 1.29 is 23.5 Å². The smallest absolute Gasteiger partial charge is 0.328 e. The first kappa shape index (κ1) is 21.4. The Balaban J connectivity index is 2.17. The SMILES string of the molecule is COC(=O)[C@@H](CC(C)C)NC(=O)C(CC(=O)c1ccco1)Cc1ccccc1. The molecule has 2 rings (SSSR count). The molecule has 1 heterocycles. The Kier molecular flexibility index (Phi) is 7.99. The number of benzene rings is 1. The molecule has 0 aliphatic heterocycles. The lowest BCUT2D eigenvalue weighted by Crippen LogP contribution is -2.45. The molecule has 2 atom stereocenters. The molecule has 1 N–H and O–H groups in total. The van der Waals surface area contributed by atoms with Crippen molar-refractivity contribution in [3.8, 4) is 0 Å². The Morgan fingerprint density at radius 3 is 2.36 bits per heavy atom. The minimum absolute atomic E-state index is 0.0101. The van der Waals surface area contributed by atoms with Crippen LogP contribution in [0.15, 0.2) is 53.1 Å². The molecule has 0 saturated carbocycles. The van der Waals surface area contributed by atoms with Gasteiger partial charge in [-0.3, -0.25) is 9.59 Å². The van der Waals surface area contributed by atoms with Gasteiger partial charge in [0.2, 0.25) is 5.91 Å². The van der Waals surface area contributed by atoms with Crippen LogP contribution in [0.5, 0.6) is 0 Å². The summed E-state index contributed by atoms with van der Waals surface area (Å²) in [5, 5.41) is 2.77. The normalized spacial score (nSPS) is 13.0. The second-order valence-electron chi connectivity index (χ2n) is 7.21. The van der Waals surface area contributed by atoms with Gasteiger partial charge in [-0.15, -0.1) is 0 Å². The highest BCUT2D eigenvalue weighted by atomic mass is 16.5. The first-order valence-corrected chi connectivity index (χ1v) is 9.39. The van der Waals surface area contributed by atoms with E-state index in [0.29, 0.717) is 12.8 Å². The lowest BCUT2D eigenvalue weighted by molar-refractivity contribution is -0.146. The molecule has 1 unspecified atom stereocenters. The molecule has 0 radical (unpaired) electrons. The van der Waals surface area contributed by atoms with E-state index in [9.17, 15) is 14.4 Å². The van der Waals surface area contributed by atoms with Gasteiger partial charge in [-0.1, -0.05) is 44.2 Å². The summed E-state index contributed by atoms with van der Waals surface area (Å²) in [4.78, 5) is 37.5. The average Bonchev–Trinajstić information content (AvgIpc) is 3.21. The minimum atomic E-state index is -0.741. The molecule has 28 heavy (non-hydrogen) atoms. The zero-order chi connectivity index (χ0) is 20.5. The van der Waals surface area contributed by atoms with Gasteiger partial charge in [0.15, 0.2) is 11.5 Å². The predicted octanol–water partition coefficient (Wildman–Crippen LogP) is 3.42. The highest BCUT2D eigenvalue weighted by molar-refractivity contribution is 5.97. The summed E-state index contributed by atoms with van der Waals surface area (Å²) in [5.74, 6) is -1.30. The Labute approximate surface area is 165 Å². The van der Waals surface area contributed by atoms with E-state index in [1.54, 1.807) is 12.1 Å². The summed E-state index contributed by atoms with van der Waals surface area (Å²) in [6, 6.07) is 11.9. The first-order chi connectivity index (χ1) is 13.4. The van der Waals surface area contributed by atoms with Crippen molar-refractivity contribution in [3.05, 3.63) is 60.1 Å². The van der Waals surface area contributed by atoms with E-state index < -0.39 is 17.9 Å². The molecule has 150 valence electrons. The number of methoxy groups -OCH3 is 1. The predicted molar refractivity (Wildman–Crippen MR) is 105 cm³/mol. The van der Waals surface area contributed by atoms with E-state index in [1.165, 1.54) is 13.4 Å². The molecule has 6 nitrogen and oxygen atoms in total. The molecule has 0 spiro atoms. The highest BCUT2D eigenvalue weighted by Crippen LogP contribution is 2.18. The third-order valence-electron chi connectivity index (χ3n) is 4.43. The molecule has 1 amide bonds. The van der Waals surface area contributed by atoms with Crippen LogP contribution in [0.25, 0.3) is 0 Å². The maximum Gasteiger partial charge on any atom is 0.328 e. The van der Waals surface area contributed by atoms with E-state index >= 15 is 0 Å². The number of nitrogens with one attached hydrogen (secondary N) is 1. The van der Waals surface area contributed by atoms with Crippen LogP contribution >= 0.6 is 0 Å². The fraction of sp³-hybridized carbons (Fsp3) is 0.409. The number of hydrogen-bond acceptors (Lipinski definition) is 5. The third-order valence-corrected chi connectivity index (χ3v) is 4.43. The molecule has 2 aromatic rings. The van der Waals surface area contributed by atoms with Crippen molar-refractivity contribution in [2.75, 3.05) is 7.11 Å². The molecule has 1 aromatic heterocycles. The molecule has 0 saturated heterocycles. The monoisotopic (exact) mass is 385 g/mol. The Morgan fingerprint density at radius 2 is 1.79 bits per heavy atom. The van der Waals surface area contributed by atoms with Crippen molar-refractivity contribution in [1.82, 2.24) is 5.32 Å². The van der Waals surface area contributed by atoms with Crippen molar-refractivity contribution in [2.24, 2.45) is 11.8 Å². The average molecular weight is 385 g/mol. The molecular formula is C22H27NO5. The zero-order valence-electron chi connectivity index (χ0n) is 16.5. The number of Topliss-reactive ketones (excluding diaryl/α,β-unsaturated/α-hetero) is 1. The van der Waals surface area contributed by atoms with Crippen LogP contribution in [0.3, 0.4) is 0 Å². The molecule has 6 heteroatoms. The van der Waals surface area contributed by atoms with Crippen LogP contribution in [0.1, 0.15) is 42.8 Å². The lowest BCUT2D eigenvalue weighted by Gasteiger charge is -2.22. The molecular weight excluding hydrogens is 358 g/mol. The molecule has 1 aromatic carbocycles. The third kappa shape index (κ3) is 6.37. The van der Waals surface area contributed by atoms with Gasteiger partial charge >= 0.3 is 5.97 Å². The quantitative estimate of drug-likeness (QED) is 0.500. The number of amides is 1. The standard InChI is InChI=1S/C22H27NO5/c1-15(2)12-18(22(26)27-3)23-21(25)17(13-16-8-5-4-6-9-16)14-19(24)20-10-7-11-28-20/h4-11,15,17-18H,12-14H2,1-3H3,(H,23,25)/t17?,18-/m1/s1. The number of ether oxygens (including phenoxy) is 1. The van der Waals surface area contributed by atoms with Crippen molar-refractivity contribution >= 4 is 17.7 Å². The fourth-order valence-electron chi connectivity index (χ4n) is 3.04. The fourth-order valence-corrected chi connectivity index (χ4v) is 3.04. The van der Waals surface area contributed by atoms with Crippen molar-refractivity contribution in [3.63, 3.8) is 0 Å². The summed E-state index contributed by atoms with van der Waals surface area (Å²) in [7, 11) is 1.30. The van der Waals surface area contributed by atoms with Crippen LogP contribution in [0, 0.1) is 11.8 Å². The van der Waals surface area contributed by atoms with Crippen LogP contribution in [-0.2, 0) is 20.7 Å². The second kappa shape index (κ2) is 10.4. The van der Waals surface area contributed by atoms with Gasteiger partial charge in [-0.25, -0.2) is 4.79 Å². The van der Waals surface area contributed by atoms with Gasteiger partial charge < -0.3 is 14.5 Å². The zero-order valence-corrected chi connectivity index (χ0v) is 16.5. The Morgan fingerprint density at radius 1 is 1.07 bits per heavy atom. The second-order valence-corrected chi connectivity index (χ2v) is 7.21. The van der Waals surface area contributed by atoms with E-state index in [-0.39, 0.29) is 29.8 Å². The number of furan rings is 1. The largest absolute Gasteiger partial charge is 0.467 e. The number of carbonyl (C=O) groups excluding carboxylic acids is 3. The van der Waals surface area contributed by atoms with Crippen LogP contribution in [-0.4, -0.2) is 30.8 Å². The first-order valence-electron chi connectivity index (χ1n) is 9.39. The van der Waals surface area contributed by atoms with Crippen LogP contribution < -0.4 is 5.32 Å². The van der Waals surface area contributed by atoms with Gasteiger partial charge in [0, 0.05) is 12.3 Å². The summed E-state index contributed by atoms with van der Waals surface area (Å²) >= 11 is 0. The number of ketones is 1. The minimum Gasteiger partial charge on any atom is -0.467 e. The van der Waals surface area contributed by atoms with Crippen LogP contribution in [0.2, 0.25) is 0 Å². The number of rotatable bonds is 10. The molecule has 0 aliphatic rings. The molecule has 0 fully saturated rings. The summed E-state index contributed by atoms with van der Waals surface area (Å²) in [5.41, 5.74) is 0.938. The topological polar surface area (TPSA) is 85.6 Å². The van der Waals surface area contributed by atoms with Crippen molar-refractivity contribution in [2.45, 2.75) is 39.2 Å². The van der Waals surface area contributed by atoms with E-state index in [1.807, 2.05) is 44.2 Å². The van der Waals surface area contributed by atoms with Gasteiger partial charge in [0.1, 0.15) is 6.04 Å². The van der Waals surface area contributed by atoms with E-state index in [2.05, 4.69) is 5.32 Å². The van der Waals surface area contributed by atoms with Gasteiger partial charge in [-0.2, -0.15) is 0 Å². The molecule has 0 aliphatic carbocycles. The lowest BCUT2D eigenvalue weighted by atomic mass is 9.92. The highest BCUT2D eigenvalue weighted by Gasteiger charge is 2.29. The molecule has 0 bridgehead atoms. The number of hydrogen-bond donors (Lipinski definition) is 1. The summed E-state index contributed by atoms with van der Waals surface area (Å²) in [6.45, 7) is 3.92. The van der Waals surface area contributed by atoms with Crippen molar-refractivity contribution in [1.29, 1.82) is 0 Å². The number of carbonyl (C=O) groups is 3. The van der Waals surface area contributed by atoms with Gasteiger partial charge in [0.25, 0.3) is 0 Å². The van der Waals surface area contributed by atoms with Gasteiger partial charge in [-0.05, 0) is 36.5 Å². The van der Waals surface area contributed by atoms with E-state index in [4.69, 9.17) is 9.15 Å². The summed E-state index contributed by atoms with van der Waals surface area (Å²) < 4.78 is 9.98. The Hall–Kier alpha value is -2.89. The van der Waals surface area contributed by atoms with Crippen LogP contribution in [0.4, 0.5) is 0 Å². The summed E-state index contributed by atoms with van der Waals surface area (Å²) in [6.07, 6.45) is 2.26. The van der Waals surface area contributed by atoms with Gasteiger partial charge in [0.05, 0.1) is 13.4 Å². The maximum absolute atomic E-state index is 13.0. The maximum atomic E-state index is 13.0. The van der Waals surface area contributed by atoms with E-state index in [0.717, 1.165) is 5.56 Å². The Bertz CT molecular complexity index is 767. The number of esters is 1.